The molecular weight excluding hydrogens is 234 g/mol. The Morgan fingerprint density at radius 3 is 2.53 bits per heavy atom. The molecule has 0 spiro atoms. The van der Waals surface area contributed by atoms with Gasteiger partial charge in [-0.1, -0.05) is 42.5 Å². The summed E-state index contributed by atoms with van der Waals surface area (Å²) in [6.07, 6.45) is 0. The van der Waals surface area contributed by atoms with Crippen LogP contribution in [-0.4, -0.2) is 9.55 Å². The molecule has 0 amide bonds. The summed E-state index contributed by atoms with van der Waals surface area (Å²) in [7, 11) is 0. The minimum atomic E-state index is 0.796. The maximum absolute atomic E-state index is 4.65. The van der Waals surface area contributed by atoms with Crippen LogP contribution in [0.5, 0.6) is 0 Å². The summed E-state index contributed by atoms with van der Waals surface area (Å²) < 4.78 is 2.21. The Hall–Kier alpha value is -2.29. The Kier molecular flexibility index (Phi) is 3.19. The molecule has 3 nitrogen and oxygen atoms in total. The molecule has 0 aliphatic rings. The van der Waals surface area contributed by atoms with E-state index in [0.717, 1.165) is 24.6 Å². The van der Waals surface area contributed by atoms with Crippen LogP contribution >= 0.6 is 0 Å². The summed E-state index contributed by atoms with van der Waals surface area (Å²) in [5, 5.41) is 3.42. The predicted molar refractivity (Wildman–Crippen MR) is 79.2 cm³/mol. The third-order valence-corrected chi connectivity index (χ3v) is 3.26. The molecule has 0 radical (unpaired) electrons. The molecule has 1 heterocycles. The fourth-order valence-corrected chi connectivity index (χ4v) is 2.31. The van der Waals surface area contributed by atoms with Crippen LogP contribution < -0.4 is 5.32 Å². The van der Waals surface area contributed by atoms with Crippen molar-refractivity contribution in [3.63, 3.8) is 0 Å². The Labute approximate surface area is 112 Å². The van der Waals surface area contributed by atoms with Crippen molar-refractivity contribution in [2.45, 2.75) is 20.0 Å². The summed E-state index contributed by atoms with van der Waals surface area (Å²) >= 11 is 0. The zero-order valence-corrected chi connectivity index (χ0v) is 11.0. The van der Waals surface area contributed by atoms with Gasteiger partial charge in [0.2, 0.25) is 5.95 Å². The van der Waals surface area contributed by atoms with Gasteiger partial charge in [-0.15, -0.1) is 0 Å². The number of aromatic nitrogens is 2. The SMILES string of the molecule is CCn1c(NCc2ccccc2)nc2ccccc21. The summed E-state index contributed by atoms with van der Waals surface area (Å²) in [6, 6.07) is 18.6. The minimum Gasteiger partial charge on any atom is -0.352 e. The maximum atomic E-state index is 4.65. The lowest BCUT2D eigenvalue weighted by molar-refractivity contribution is 0.787. The quantitative estimate of drug-likeness (QED) is 0.766. The zero-order valence-electron chi connectivity index (χ0n) is 11.0. The van der Waals surface area contributed by atoms with Gasteiger partial charge in [-0.05, 0) is 24.6 Å². The molecule has 0 atom stereocenters. The van der Waals surface area contributed by atoms with Crippen LogP contribution in [0.3, 0.4) is 0 Å². The van der Waals surface area contributed by atoms with Gasteiger partial charge >= 0.3 is 0 Å². The molecule has 0 saturated carbocycles. The van der Waals surface area contributed by atoms with E-state index in [-0.39, 0.29) is 0 Å². The van der Waals surface area contributed by atoms with Crippen LogP contribution in [0.1, 0.15) is 12.5 Å². The molecule has 0 saturated heterocycles. The number of rotatable bonds is 4. The van der Waals surface area contributed by atoms with E-state index in [9.17, 15) is 0 Å². The first kappa shape index (κ1) is 11.8. The fraction of sp³-hybridized carbons (Fsp3) is 0.188. The number of fused-ring (bicyclic) bond motifs is 1. The van der Waals surface area contributed by atoms with Gasteiger partial charge in [0.1, 0.15) is 0 Å². The van der Waals surface area contributed by atoms with Crippen LogP contribution in [0.2, 0.25) is 0 Å². The maximum Gasteiger partial charge on any atom is 0.204 e. The molecule has 3 heteroatoms. The van der Waals surface area contributed by atoms with Crippen molar-refractivity contribution in [1.29, 1.82) is 0 Å². The molecule has 0 fully saturated rings. The van der Waals surface area contributed by atoms with Gasteiger partial charge in [0.15, 0.2) is 0 Å². The Morgan fingerprint density at radius 2 is 1.74 bits per heavy atom. The molecule has 3 rings (SSSR count). The number of anilines is 1. The van der Waals surface area contributed by atoms with Crippen molar-refractivity contribution in [1.82, 2.24) is 9.55 Å². The molecule has 19 heavy (non-hydrogen) atoms. The number of benzene rings is 2. The largest absolute Gasteiger partial charge is 0.352 e. The van der Waals surface area contributed by atoms with Gasteiger partial charge in [0, 0.05) is 13.1 Å². The second-order valence-electron chi connectivity index (χ2n) is 4.51. The van der Waals surface area contributed by atoms with Crippen molar-refractivity contribution < 1.29 is 0 Å². The Balaban J connectivity index is 1.88. The molecule has 0 aliphatic carbocycles. The topological polar surface area (TPSA) is 29.9 Å². The van der Waals surface area contributed by atoms with E-state index >= 15 is 0 Å². The first-order valence-electron chi connectivity index (χ1n) is 6.61. The highest BCUT2D eigenvalue weighted by Gasteiger charge is 2.07. The summed E-state index contributed by atoms with van der Waals surface area (Å²) in [5.74, 6) is 0.938. The molecule has 0 unspecified atom stereocenters. The minimum absolute atomic E-state index is 0.796. The molecule has 1 N–H and O–H groups in total. The number of hydrogen-bond acceptors (Lipinski definition) is 2. The van der Waals surface area contributed by atoms with Crippen molar-refractivity contribution >= 4 is 17.0 Å². The highest BCUT2D eigenvalue weighted by atomic mass is 15.2. The van der Waals surface area contributed by atoms with Gasteiger partial charge in [-0.3, -0.25) is 0 Å². The molecule has 96 valence electrons. The molecule has 3 aromatic rings. The second kappa shape index (κ2) is 5.14. The number of aryl methyl sites for hydroxylation is 1. The van der Waals surface area contributed by atoms with Crippen molar-refractivity contribution in [2.75, 3.05) is 5.32 Å². The number of nitrogens with zero attached hydrogens (tertiary/aromatic N) is 2. The van der Waals surface area contributed by atoms with Gasteiger partial charge in [0.25, 0.3) is 0 Å². The smallest absolute Gasteiger partial charge is 0.204 e. The van der Waals surface area contributed by atoms with E-state index in [1.165, 1.54) is 11.1 Å². The predicted octanol–water partition coefficient (Wildman–Crippen LogP) is 3.67. The third kappa shape index (κ3) is 2.32. The Bertz CT molecular complexity index is 671. The van der Waals surface area contributed by atoms with Crippen LogP contribution in [0.4, 0.5) is 5.95 Å². The van der Waals surface area contributed by atoms with Crippen LogP contribution in [0.15, 0.2) is 54.6 Å². The molecule has 1 aromatic heterocycles. The van der Waals surface area contributed by atoms with Crippen molar-refractivity contribution in [3.05, 3.63) is 60.2 Å². The number of nitrogens with one attached hydrogen (secondary N) is 1. The lowest BCUT2D eigenvalue weighted by Gasteiger charge is -2.08. The first-order chi connectivity index (χ1) is 9.38. The number of imidazole rings is 1. The van der Waals surface area contributed by atoms with E-state index < -0.39 is 0 Å². The molecule has 0 aliphatic heterocycles. The van der Waals surface area contributed by atoms with Crippen molar-refractivity contribution in [2.24, 2.45) is 0 Å². The molecular formula is C16H17N3. The highest BCUT2D eigenvalue weighted by Crippen LogP contribution is 2.19. The van der Waals surface area contributed by atoms with Gasteiger partial charge in [0.05, 0.1) is 11.0 Å². The van der Waals surface area contributed by atoms with Crippen molar-refractivity contribution in [3.8, 4) is 0 Å². The van der Waals surface area contributed by atoms with E-state index in [1.54, 1.807) is 0 Å². The van der Waals surface area contributed by atoms with Gasteiger partial charge in [-0.2, -0.15) is 0 Å². The van der Waals surface area contributed by atoms with Crippen LogP contribution in [0.25, 0.3) is 11.0 Å². The van der Waals surface area contributed by atoms with Crippen LogP contribution in [-0.2, 0) is 13.1 Å². The van der Waals surface area contributed by atoms with E-state index in [1.807, 2.05) is 12.1 Å². The van der Waals surface area contributed by atoms with E-state index in [4.69, 9.17) is 0 Å². The number of para-hydroxylation sites is 2. The monoisotopic (exact) mass is 251 g/mol. The Morgan fingerprint density at radius 1 is 1.00 bits per heavy atom. The van der Waals surface area contributed by atoms with Crippen LogP contribution in [0, 0.1) is 0 Å². The number of hydrogen-bond donors (Lipinski definition) is 1. The lowest BCUT2D eigenvalue weighted by atomic mass is 10.2. The average Bonchev–Trinajstić information content (AvgIpc) is 2.83. The third-order valence-electron chi connectivity index (χ3n) is 3.26. The second-order valence-corrected chi connectivity index (χ2v) is 4.51. The average molecular weight is 251 g/mol. The zero-order chi connectivity index (χ0) is 13.1. The van der Waals surface area contributed by atoms with Gasteiger partial charge in [-0.25, -0.2) is 4.98 Å². The first-order valence-corrected chi connectivity index (χ1v) is 6.61. The molecule has 0 bridgehead atoms. The van der Waals surface area contributed by atoms with Gasteiger partial charge < -0.3 is 9.88 Å². The summed E-state index contributed by atoms with van der Waals surface area (Å²) in [4.78, 5) is 4.65. The summed E-state index contributed by atoms with van der Waals surface area (Å²) in [5.41, 5.74) is 3.48. The standard InChI is InChI=1S/C16H17N3/c1-2-19-15-11-7-6-10-14(15)18-16(19)17-12-13-8-4-3-5-9-13/h3-11H,2,12H2,1H3,(H,17,18). The lowest BCUT2D eigenvalue weighted by Crippen LogP contribution is -2.06. The normalized spacial score (nSPS) is 10.8. The highest BCUT2D eigenvalue weighted by molar-refractivity contribution is 5.78. The summed E-state index contributed by atoms with van der Waals surface area (Å²) in [6.45, 7) is 3.85. The fourth-order valence-electron chi connectivity index (χ4n) is 2.31. The van der Waals surface area contributed by atoms with E-state index in [0.29, 0.717) is 0 Å². The molecule has 2 aromatic carbocycles. The van der Waals surface area contributed by atoms with E-state index in [2.05, 4.69) is 64.3 Å².